The fraction of sp³-hybridized carbons (Fsp3) is 0.214. The average molecular weight is 457 g/mol. The molecule has 0 fully saturated rings. The van der Waals surface area contributed by atoms with Gasteiger partial charge in [-0.1, -0.05) is 37.3 Å². The fourth-order valence-corrected chi connectivity index (χ4v) is 3.90. The van der Waals surface area contributed by atoms with Crippen molar-refractivity contribution < 1.29 is 19.1 Å². The monoisotopic (exact) mass is 456 g/mol. The third kappa shape index (κ3) is 4.53. The van der Waals surface area contributed by atoms with Crippen LogP contribution in [0.3, 0.4) is 0 Å². The molecule has 6 heteroatoms. The van der Waals surface area contributed by atoms with Gasteiger partial charge in [0.25, 0.3) is 11.8 Å². The lowest BCUT2D eigenvalue weighted by molar-refractivity contribution is -0.120. The molecular formula is C28H28N2O4. The lowest BCUT2D eigenvalue weighted by Crippen LogP contribution is -2.32. The molecule has 0 aromatic heterocycles. The highest BCUT2D eigenvalue weighted by Crippen LogP contribution is 2.37. The van der Waals surface area contributed by atoms with Crippen molar-refractivity contribution >= 4 is 28.8 Å². The van der Waals surface area contributed by atoms with Crippen LogP contribution in [0.2, 0.25) is 0 Å². The summed E-state index contributed by atoms with van der Waals surface area (Å²) in [6, 6.07) is 22.0. The van der Waals surface area contributed by atoms with E-state index in [0.717, 1.165) is 17.7 Å². The molecule has 1 heterocycles. The zero-order valence-electron chi connectivity index (χ0n) is 19.8. The number of nitrogens with zero attached hydrogens (tertiary/aromatic N) is 1. The van der Waals surface area contributed by atoms with Gasteiger partial charge in [0.15, 0.2) is 0 Å². The first-order valence-corrected chi connectivity index (χ1v) is 11.3. The predicted molar refractivity (Wildman–Crippen MR) is 134 cm³/mol. The summed E-state index contributed by atoms with van der Waals surface area (Å²) in [5.74, 6) is 0.423. The second-order valence-corrected chi connectivity index (χ2v) is 8.23. The Balaban J connectivity index is 1.76. The van der Waals surface area contributed by atoms with Crippen LogP contribution in [0.15, 0.2) is 78.5 Å². The molecule has 174 valence electrons. The number of amides is 2. The number of benzene rings is 3. The molecule has 0 radical (unpaired) electrons. The highest BCUT2D eigenvalue weighted by atomic mass is 16.5. The number of carbonyl (C=O) groups is 2. The summed E-state index contributed by atoms with van der Waals surface area (Å²) >= 11 is 0. The minimum Gasteiger partial charge on any atom is -0.496 e. The van der Waals surface area contributed by atoms with Gasteiger partial charge in [-0.25, -0.2) is 4.90 Å². The minimum atomic E-state index is -0.419. The van der Waals surface area contributed by atoms with E-state index in [1.807, 2.05) is 62.4 Å². The number of rotatable bonds is 8. The first-order valence-electron chi connectivity index (χ1n) is 11.3. The van der Waals surface area contributed by atoms with Crippen LogP contribution in [-0.2, 0) is 16.0 Å². The molecule has 1 aliphatic heterocycles. The molecule has 3 aromatic carbocycles. The molecule has 0 saturated carbocycles. The largest absolute Gasteiger partial charge is 0.496 e. The summed E-state index contributed by atoms with van der Waals surface area (Å²) in [6.45, 7) is 5.98. The van der Waals surface area contributed by atoms with Crippen LogP contribution in [0.25, 0.3) is 5.57 Å². The van der Waals surface area contributed by atoms with Gasteiger partial charge < -0.3 is 14.8 Å². The summed E-state index contributed by atoms with van der Waals surface area (Å²) in [4.78, 5) is 28.4. The van der Waals surface area contributed by atoms with Crippen LogP contribution in [0.5, 0.6) is 11.5 Å². The highest BCUT2D eigenvalue weighted by Gasteiger charge is 2.41. The third-order valence-electron chi connectivity index (χ3n) is 5.56. The number of ether oxygens (including phenoxy) is 2. The summed E-state index contributed by atoms with van der Waals surface area (Å²) < 4.78 is 11.2. The van der Waals surface area contributed by atoms with Gasteiger partial charge in [-0.15, -0.1) is 0 Å². The van der Waals surface area contributed by atoms with Crippen molar-refractivity contribution in [1.29, 1.82) is 0 Å². The van der Waals surface area contributed by atoms with Crippen LogP contribution in [0, 0.1) is 0 Å². The van der Waals surface area contributed by atoms with Crippen molar-refractivity contribution in [1.82, 2.24) is 0 Å². The van der Waals surface area contributed by atoms with E-state index in [4.69, 9.17) is 9.47 Å². The fourth-order valence-electron chi connectivity index (χ4n) is 3.90. The summed E-state index contributed by atoms with van der Waals surface area (Å²) in [5, 5.41) is 3.18. The third-order valence-corrected chi connectivity index (χ3v) is 5.56. The van der Waals surface area contributed by atoms with E-state index in [0.29, 0.717) is 22.7 Å². The Morgan fingerprint density at radius 2 is 1.56 bits per heavy atom. The maximum Gasteiger partial charge on any atom is 0.282 e. The number of carbonyl (C=O) groups excluding carboxylic acids is 2. The summed E-state index contributed by atoms with van der Waals surface area (Å²) in [5.41, 5.74) is 3.34. The molecule has 0 unspecified atom stereocenters. The number of para-hydroxylation sites is 1. The standard InChI is InChI=1S/C28H28N2O4/c1-5-19-10-14-21(15-11-19)30-27(31)25(23-8-6-7-9-24(23)33-4)26(28(30)32)29-20-12-16-22(17-13-20)34-18(2)3/h6-18,29H,5H2,1-4H3. The van der Waals surface area contributed by atoms with E-state index in [1.165, 1.54) is 4.90 Å². The zero-order chi connectivity index (χ0) is 24.2. The van der Waals surface area contributed by atoms with Crippen LogP contribution in [0.4, 0.5) is 11.4 Å². The number of nitrogens with one attached hydrogen (secondary N) is 1. The lowest BCUT2D eigenvalue weighted by Gasteiger charge is -2.16. The van der Waals surface area contributed by atoms with E-state index < -0.39 is 11.8 Å². The Labute approximate surface area is 199 Å². The van der Waals surface area contributed by atoms with Crippen molar-refractivity contribution in [3.8, 4) is 11.5 Å². The van der Waals surface area contributed by atoms with Gasteiger partial charge in [-0.05, 0) is 68.3 Å². The molecule has 3 aromatic rings. The summed E-state index contributed by atoms with van der Waals surface area (Å²) in [6.07, 6.45) is 0.927. The summed E-state index contributed by atoms with van der Waals surface area (Å²) in [7, 11) is 1.54. The predicted octanol–water partition coefficient (Wildman–Crippen LogP) is 5.44. The number of hydrogen-bond acceptors (Lipinski definition) is 5. The van der Waals surface area contributed by atoms with Crippen molar-refractivity contribution in [3.63, 3.8) is 0 Å². The number of hydrogen-bond donors (Lipinski definition) is 1. The number of anilines is 2. The average Bonchev–Trinajstić information content (AvgIpc) is 3.09. The quantitative estimate of drug-likeness (QED) is 0.457. The second kappa shape index (κ2) is 9.83. The molecule has 1 N–H and O–H groups in total. The minimum absolute atomic E-state index is 0.0559. The molecule has 0 saturated heterocycles. The molecule has 0 spiro atoms. The van der Waals surface area contributed by atoms with Crippen LogP contribution in [-0.4, -0.2) is 25.0 Å². The van der Waals surface area contributed by atoms with Gasteiger partial charge in [-0.3, -0.25) is 9.59 Å². The van der Waals surface area contributed by atoms with Crippen LogP contribution < -0.4 is 19.7 Å². The van der Waals surface area contributed by atoms with Crippen molar-refractivity contribution in [3.05, 3.63) is 89.6 Å². The molecule has 6 nitrogen and oxygen atoms in total. The normalized spacial score (nSPS) is 13.6. The van der Waals surface area contributed by atoms with Crippen molar-refractivity contribution in [2.45, 2.75) is 33.3 Å². The van der Waals surface area contributed by atoms with E-state index in [1.54, 1.807) is 31.4 Å². The van der Waals surface area contributed by atoms with E-state index in [9.17, 15) is 9.59 Å². The molecular weight excluding hydrogens is 428 g/mol. The van der Waals surface area contributed by atoms with Crippen molar-refractivity contribution in [2.24, 2.45) is 0 Å². The van der Waals surface area contributed by atoms with Gasteiger partial charge in [0.05, 0.1) is 24.5 Å². The topological polar surface area (TPSA) is 67.9 Å². The van der Waals surface area contributed by atoms with Crippen molar-refractivity contribution in [2.75, 3.05) is 17.3 Å². The number of imide groups is 1. The molecule has 34 heavy (non-hydrogen) atoms. The molecule has 2 amide bonds. The van der Waals surface area contributed by atoms with E-state index in [2.05, 4.69) is 12.2 Å². The van der Waals surface area contributed by atoms with Gasteiger partial charge in [-0.2, -0.15) is 0 Å². The Morgan fingerprint density at radius 1 is 0.882 bits per heavy atom. The highest BCUT2D eigenvalue weighted by molar-refractivity contribution is 6.46. The SMILES string of the molecule is CCc1ccc(N2C(=O)C(Nc3ccc(OC(C)C)cc3)=C(c3ccccc3OC)C2=O)cc1. The maximum atomic E-state index is 13.6. The Morgan fingerprint density at radius 3 is 2.18 bits per heavy atom. The van der Waals surface area contributed by atoms with E-state index in [-0.39, 0.29) is 17.4 Å². The first-order chi connectivity index (χ1) is 16.4. The Bertz CT molecular complexity index is 1230. The van der Waals surface area contributed by atoms with Gasteiger partial charge in [0.1, 0.15) is 17.2 Å². The maximum absolute atomic E-state index is 13.6. The first kappa shape index (κ1) is 23.1. The van der Waals surface area contributed by atoms with E-state index >= 15 is 0 Å². The molecule has 4 rings (SSSR count). The molecule has 0 aliphatic carbocycles. The van der Waals surface area contributed by atoms with Gasteiger partial charge in [0, 0.05) is 11.3 Å². The number of aryl methyl sites for hydroxylation is 1. The smallest absolute Gasteiger partial charge is 0.282 e. The van der Waals surface area contributed by atoms with Crippen LogP contribution in [0.1, 0.15) is 31.9 Å². The van der Waals surface area contributed by atoms with Gasteiger partial charge >= 0.3 is 0 Å². The molecule has 1 aliphatic rings. The zero-order valence-corrected chi connectivity index (χ0v) is 19.8. The lowest BCUT2D eigenvalue weighted by atomic mass is 10.0. The Kier molecular flexibility index (Phi) is 6.68. The Hall–Kier alpha value is -4.06. The number of methoxy groups -OCH3 is 1. The van der Waals surface area contributed by atoms with Gasteiger partial charge in [0.2, 0.25) is 0 Å². The molecule has 0 atom stereocenters. The molecule has 0 bridgehead atoms. The van der Waals surface area contributed by atoms with Crippen LogP contribution >= 0.6 is 0 Å². The second-order valence-electron chi connectivity index (χ2n) is 8.23.